The number of ether oxygens (including phenoxy) is 1. The molecule has 1 amide bonds. The Labute approximate surface area is 143 Å². The average Bonchev–Trinajstić information content (AvgIpc) is 3.19. The highest BCUT2D eigenvalue weighted by atomic mass is 32.1. The summed E-state index contributed by atoms with van der Waals surface area (Å²) in [5.74, 6) is -0.629. The molecule has 0 aliphatic carbocycles. The van der Waals surface area contributed by atoms with E-state index in [9.17, 15) is 14.7 Å². The summed E-state index contributed by atoms with van der Waals surface area (Å²) in [5.41, 5.74) is 0.868. The molecular weight excluding hydrogens is 326 g/mol. The molecule has 1 N–H and O–H groups in total. The van der Waals surface area contributed by atoms with E-state index in [1.807, 2.05) is 6.92 Å². The zero-order valence-electron chi connectivity index (χ0n) is 13.4. The van der Waals surface area contributed by atoms with Gasteiger partial charge in [0.05, 0.1) is 23.1 Å². The van der Waals surface area contributed by atoms with Crippen molar-refractivity contribution in [1.82, 2.24) is 4.90 Å². The number of Topliss-reactive ketones (excluding diaryl/α,β-unsaturated/α-hetero) is 1. The minimum atomic E-state index is -0.609. The lowest BCUT2D eigenvalue weighted by Crippen LogP contribution is -2.26. The summed E-state index contributed by atoms with van der Waals surface area (Å²) in [6.07, 6.45) is 0. The van der Waals surface area contributed by atoms with Gasteiger partial charge in [-0.25, -0.2) is 0 Å². The first kappa shape index (κ1) is 16.3. The summed E-state index contributed by atoms with van der Waals surface area (Å²) in [5, 5.41) is 12.0. The second kappa shape index (κ2) is 6.49. The Morgan fingerprint density at radius 2 is 2.00 bits per heavy atom. The normalized spacial score (nSPS) is 17.5. The zero-order chi connectivity index (χ0) is 17.3. The van der Waals surface area contributed by atoms with Crippen LogP contribution in [0.4, 0.5) is 0 Å². The number of aliphatic hydroxyl groups is 1. The van der Waals surface area contributed by atoms with E-state index in [-0.39, 0.29) is 11.4 Å². The number of rotatable bonds is 5. The van der Waals surface area contributed by atoms with Crippen molar-refractivity contribution in [3.05, 3.63) is 63.6 Å². The number of hydrogen-bond acceptors (Lipinski definition) is 5. The molecule has 0 saturated carbocycles. The van der Waals surface area contributed by atoms with Gasteiger partial charge < -0.3 is 14.7 Å². The first-order chi connectivity index (χ1) is 11.5. The van der Waals surface area contributed by atoms with E-state index in [2.05, 4.69) is 0 Å². The highest BCUT2D eigenvalue weighted by Gasteiger charge is 2.42. The summed E-state index contributed by atoms with van der Waals surface area (Å²) < 4.78 is 5.42. The smallest absolute Gasteiger partial charge is 0.289 e. The van der Waals surface area contributed by atoms with Crippen LogP contribution in [0.25, 0.3) is 0 Å². The summed E-state index contributed by atoms with van der Waals surface area (Å²) in [7, 11) is 1.58. The molecule has 1 aromatic heterocycles. The van der Waals surface area contributed by atoms with Crippen molar-refractivity contribution in [3.63, 3.8) is 0 Å². The van der Waals surface area contributed by atoms with E-state index in [4.69, 9.17) is 4.74 Å². The number of aliphatic hydroxyl groups excluding tert-OH is 1. The number of benzene rings is 1. The lowest BCUT2D eigenvalue weighted by molar-refractivity contribution is -0.128. The maximum Gasteiger partial charge on any atom is 0.289 e. The minimum absolute atomic E-state index is 0.120. The van der Waals surface area contributed by atoms with Crippen molar-refractivity contribution in [2.45, 2.75) is 13.0 Å². The van der Waals surface area contributed by atoms with E-state index in [1.54, 1.807) is 48.8 Å². The first-order valence-electron chi connectivity index (χ1n) is 7.55. The molecule has 3 rings (SSSR count). The lowest BCUT2D eigenvalue weighted by atomic mass is 9.95. The number of carbonyl (C=O) groups is 2. The van der Waals surface area contributed by atoms with Gasteiger partial charge in [-0.2, -0.15) is 0 Å². The van der Waals surface area contributed by atoms with Gasteiger partial charge in [-0.1, -0.05) is 18.2 Å². The molecule has 1 aromatic carbocycles. The molecule has 124 valence electrons. The van der Waals surface area contributed by atoms with Crippen molar-refractivity contribution in [2.75, 3.05) is 13.7 Å². The van der Waals surface area contributed by atoms with Gasteiger partial charge in [0.1, 0.15) is 5.75 Å². The molecule has 0 saturated heterocycles. The van der Waals surface area contributed by atoms with Gasteiger partial charge in [-0.3, -0.25) is 9.59 Å². The van der Waals surface area contributed by atoms with Gasteiger partial charge in [-0.05, 0) is 36.1 Å². The SMILES string of the molecule is CCOc1ccc(C2C(C(=O)c3cccs3)=C(O)C(=O)N2C)cc1. The van der Waals surface area contributed by atoms with E-state index in [1.165, 1.54) is 16.2 Å². The monoisotopic (exact) mass is 343 g/mol. The Balaban J connectivity index is 2.01. The third-order valence-electron chi connectivity index (χ3n) is 3.94. The third-order valence-corrected chi connectivity index (χ3v) is 4.80. The molecular formula is C18H17NO4S. The van der Waals surface area contributed by atoms with E-state index >= 15 is 0 Å². The fourth-order valence-corrected chi connectivity index (χ4v) is 3.48. The van der Waals surface area contributed by atoms with Crippen molar-refractivity contribution < 1.29 is 19.4 Å². The molecule has 0 spiro atoms. The largest absolute Gasteiger partial charge is 0.503 e. The summed E-state index contributed by atoms with van der Waals surface area (Å²) >= 11 is 1.28. The van der Waals surface area contributed by atoms with Crippen molar-refractivity contribution >= 4 is 23.0 Å². The molecule has 0 radical (unpaired) electrons. The highest BCUT2D eigenvalue weighted by molar-refractivity contribution is 7.12. The quantitative estimate of drug-likeness (QED) is 0.846. The Hall–Kier alpha value is -2.60. The molecule has 1 atom stereocenters. The van der Waals surface area contributed by atoms with E-state index in [0.717, 1.165) is 5.56 Å². The minimum Gasteiger partial charge on any atom is -0.503 e. The topological polar surface area (TPSA) is 66.8 Å². The fourth-order valence-electron chi connectivity index (χ4n) is 2.80. The molecule has 0 bridgehead atoms. The number of ketones is 1. The van der Waals surface area contributed by atoms with Crippen LogP contribution in [0.5, 0.6) is 5.75 Å². The van der Waals surface area contributed by atoms with Crippen LogP contribution in [0, 0.1) is 0 Å². The van der Waals surface area contributed by atoms with E-state index < -0.39 is 17.7 Å². The van der Waals surface area contributed by atoms with Crippen LogP contribution >= 0.6 is 11.3 Å². The van der Waals surface area contributed by atoms with Crippen molar-refractivity contribution in [3.8, 4) is 5.75 Å². The second-order valence-electron chi connectivity index (χ2n) is 5.39. The van der Waals surface area contributed by atoms with Crippen molar-refractivity contribution in [1.29, 1.82) is 0 Å². The van der Waals surface area contributed by atoms with Gasteiger partial charge in [0.15, 0.2) is 5.76 Å². The molecule has 24 heavy (non-hydrogen) atoms. The summed E-state index contributed by atoms with van der Waals surface area (Å²) in [4.78, 5) is 26.8. The van der Waals surface area contributed by atoms with Crippen LogP contribution in [0.15, 0.2) is 53.1 Å². The molecule has 1 unspecified atom stereocenters. The number of carbonyl (C=O) groups excluding carboxylic acids is 2. The van der Waals surface area contributed by atoms with Gasteiger partial charge in [0.2, 0.25) is 5.78 Å². The van der Waals surface area contributed by atoms with Crippen LogP contribution in [0.1, 0.15) is 28.2 Å². The fraction of sp³-hybridized carbons (Fsp3) is 0.222. The number of hydrogen-bond donors (Lipinski definition) is 1. The number of amides is 1. The Morgan fingerprint density at radius 1 is 1.29 bits per heavy atom. The van der Waals surface area contributed by atoms with Crippen LogP contribution in [0.3, 0.4) is 0 Å². The molecule has 6 heteroatoms. The number of nitrogens with zero attached hydrogens (tertiary/aromatic N) is 1. The predicted octanol–water partition coefficient (Wildman–Crippen LogP) is 3.35. The number of likely N-dealkylation sites (N-methyl/N-ethyl adjacent to an activating group) is 1. The van der Waals surface area contributed by atoms with E-state index in [0.29, 0.717) is 17.2 Å². The van der Waals surface area contributed by atoms with Crippen LogP contribution < -0.4 is 4.74 Å². The molecule has 0 fully saturated rings. The first-order valence-corrected chi connectivity index (χ1v) is 8.43. The molecule has 5 nitrogen and oxygen atoms in total. The third kappa shape index (κ3) is 2.69. The summed E-state index contributed by atoms with van der Waals surface area (Å²) in [6.45, 7) is 2.46. The lowest BCUT2D eigenvalue weighted by Gasteiger charge is -2.22. The molecule has 2 aromatic rings. The van der Waals surface area contributed by atoms with Gasteiger partial charge >= 0.3 is 0 Å². The second-order valence-corrected chi connectivity index (χ2v) is 6.34. The average molecular weight is 343 g/mol. The molecule has 2 heterocycles. The molecule has 1 aliphatic heterocycles. The standard InChI is InChI=1S/C18H17NO4S/c1-3-23-12-8-6-11(7-9-12)15-14(17(21)18(22)19(15)2)16(20)13-5-4-10-24-13/h4-10,15,21H,3H2,1-2H3. The van der Waals surface area contributed by atoms with Crippen LogP contribution in [0.2, 0.25) is 0 Å². The zero-order valence-corrected chi connectivity index (χ0v) is 14.2. The highest BCUT2D eigenvalue weighted by Crippen LogP contribution is 2.38. The van der Waals surface area contributed by atoms with Crippen molar-refractivity contribution in [2.24, 2.45) is 0 Å². The Bertz CT molecular complexity index is 793. The maximum atomic E-state index is 12.8. The predicted molar refractivity (Wildman–Crippen MR) is 91.4 cm³/mol. The Morgan fingerprint density at radius 3 is 2.58 bits per heavy atom. The molecule has 1 aliphatic rings. The maximum absolute atomic E-state index is 12.8. The van der Waals surface area contributed by atoms with Crippen LogP contribution in [-0.2, 0) is 4.79 Å². The Kier molecular flexibility index (Phi) is 4.40. The van der Waals surface area contributed by atoms with Gasteiger partial charge in [0, 0.05) is 7.05 Å². The summed E-state index contributed by atoms with van der Waals surface area (Å²) in [6, 6.07) is 10.0. The van der Waals surface area contributed by atoms with Gasteiger partial charge in [-0.15, -0.1) is 11.3 Å². The van der Waals surface area contributed by atoms with Crippen LogP contribution in [-0.4, -0.2) is 35.4 Å². The number of thiophene rings is 1. The van der Waals surface area contributed by atoms with Gasteiger partial charge in [0.25, 0.3) is 5.91 Å².